The molecule has 0 unspecified atom stereocenters. The number of nitrogens with zero attached hydrogens (tertiary/aromatic N) is 1. The lowest BCUT2D eigenvalue weighted by Gasteiger charge is -2.23. The highest BCUT2D eigenvalue weighted by Gasteiger charge is 2.31. The highest BCUT2D eigenvalue weighted by Crippen LogP contribution is 2.41. The van der Waals surface area contributed by atoms with Gasteiger partial charge in [-0.1, -0.05) is 6.07 Å². The number of aromatic nitrogens is 1. The van der Waals surface area contributed by atoms with Crippen LogP contribution in [0.25, 0.3) is 10.2 Å². The summed E-state index contributed by atoms with van der Waals surface area (Å²) in [6, 6.07) is 7.64. The fourth-order valence-corrected chi connectivity index (χ4v) is 5.47. The summed E-state index contributed by atoms with van der Waals surface area (Å²) in [7, 11) is 0. The second-order valence-electron chi connectivity index (χ2n) is 9.26. The fourth-order valence-electron chi connectivity index (χ4n) is 4.31. The van der Waals surface area contributed by atoms with Crippen LogP contribution in [0.2, 0.25) is 0 Å². The number of aldehydes is 1. The number of nitrogens with one attached hydrogen (secondary N) is 1. The highest BCUT2D eigenvalue weighted by atomic mass is 32.1. The smallest absolute Gasteiger partial charge is 0.386 e. The average Bonchev–Trinajstić information content (AvgIpc) is 3.20. The van der Waals surface area contributed by atoms with E-state index in [2.05, 4.69) is 5.32 Å². The molecule has 0 aliphatic heterocycles. The minimum Gasteiger partial charge on any atom is -0.386 e. The van der Waals surface area contributed by atoms with Crippen LogP contribution in [0.4, 0.5) is 18.9 Å². The molecule has 1 saturated carbocycles. The molecule has 1 fully saturated rings. The summed E-state index contributed by atoms with van der Waals surface area (Å²) in [4.78, 5) is 28.6. The van der Waals surface area contributed by atoms with E-state index in [9.17, 15) is 27.9 Å². The number of benzene rings is 2. The molecule has 1 heterocycles. The number of rotatable bonds is 5. The van der Waals surface area contributed by atoms with Gasteiger partial charge in [-0.05, 0) is 69.9 Å². The van der Waals surface area contributed by atoms with Gasteiger partial charge >= 0.3 is 6.18 Å². The van der Waals surface area contributed by atoms with Crippen molar-refractivity contribution in [2.45, 2.75) is 57.2 Å². The summed E-state index contributed by atoms with van der Waals surface area (Å²) in [5.74, 6) is -0.347. The van der Waals surface area contributed by atoms with Gasteiger partial charge in [0.05, 0.1) is 26.4 Å². The molecule has 2 aromatic carbocycles. The van der Waals surface area contributed by atoms with Crippen LogP contribution in [0.1, 0.15) is 71.9 Å². The van der Waals surface area contributed by atoms with Crippen LogP contribution in [0.3, 0.4) is 0 Å². The number of fused-ring (bicyclic) bond motifs is 1. The van der Waals surface area contributed by atoms with E-state index in [1.807, 2.05) is 0 Å². The Balaban J connectivity index is 1.66. The SMILES string of the molecule is CC(C)(O)c1cc2nc(C3CCC(C=O)CC3)sc2cc1NC(=O)c1cccc(C(F)(F)F)c1. The number of halogens is 3. The summed E-state index contributed by atoms with van der Waals surface area (Å²) in [5, 5.41) is 14.3. The van der Waals surface area contributed by atoms with Gasteiger partial charge in [-0.2, -0.15) is 13.2 Å². The maximum absolute atomic E-state index is 13.1. The number of aliphatic hydroxyl groups is 1. The molecule has 1 aliphatic carbocycles. The average molecular weight is 491 g/mol. The van der Waals surface area contributed by atoms with Crippen molar-refractivity contribution in [1.82, 2.24) is 4.98 Å². The number of anilines is 1. The Bertz CT molecular complexity index is 1220. The lowest BCUT2D eigenvalue weighted by Crippen LogP contribution is -2.21. The number of hydrogen-bond acceptors (Lipinski definition) is 5. The molecule has 180 valence electrons. The third-order valence-corrected chi connectivity index (χ3v) is 7.40. The van der Waals surface area contributed by atoms with Gasteiger partial charge < -0.3 is 15.2 Å². The molecule has 3 aromatic rings. The number of alkyl halides is 3. The van der Waals surface area contributed by atoms with Crippen molar-refractivity contribution in [3.63, 3.8) is 0 Å². The number of thiazole rings is 1. The lowest BCUT2D eigenvalue weighted by molar-refractivity contribution is -0.137. The molecule has 1 aliphatic rings. The summed E-state index contributed by atoms with van der Waals surface area (Å²) < 4.78 is 40.0. The van der Waals surface area contributed by atoms with E-state index in [1.54, 1.807) is 26.0 Å². The van der Waals surface area contributed by atoms with Crippen LogP contribution in [-0.2, 0) is 16.6 Å². The van der Waals surface area contributed by atoms with Crippen LogP contribution in [0.5, 0.6) is 0 Å². The Kier molecular flexibility index (Phi) is 6.52. The van der Waals surface area contributed by atoms with Gasteiger partial charge in [-0.15, -0.1) is 11.3 Å². The van der Waals surface area contributed by atoms with Crippen molar-refractivity contribution < 1.29 is 27.9 Å². The summed E-state index contributed by atoms with van der Waals surface area (Å²) >= 11 is 1.49. The highest BCUT2D eigenvalue weighted by molar-refractivity contribution is 7.18. The van der Waals surface area contributed by atoms with Crippen molar-refractivity contribution in [3.8, 4) is 0 Å². The number of hydrogen-bond donors (Lipinski definition) is 2. The minimum absolute atomic E-state index is 0.102. The number of amides is 1. The maximum atomic E-state index is 13.1. The van der Waals surface area contributed by atoms with E-state index in [4.69, 9.17) is 4.98 Å². The zero-order valence-electron chi connectivity index (χ0n) is 18.8. The third-order valence-electron chi connectivity index (χ3n) is 6.22. The van der Waals surface area contributed by atoms with Crippen molar-refractivity contribution >= 4 is 39.4 Å². The van der Waals surface area contributed by atoms with Crippen LogP contribution in [-0.4, -0.2) is 22.3 Å². The molecule has 34 heavy (non-hydrogen) atoms. The van der Waals surface area contributed by atoms with Crippen LogP contribution in [0.15, 0.2) is 36.4 Å². The first-order chi connectivity index (χ1) is 16.0. The molecule has 1 aromatic heterocycles. The molecule has 4 rings (SSSR count). The number of carbonyl (C=O) groups excluding carboxylic acids is 2. The summed E-state index contributed by atoms with van der Waals surface area (Å²) in [6.07, 6.45) is -0.128. The van der Waals surface area contributed by atoms with Gasteiger partial charge in [0.25, 0.3) is 5.91 Å². The van der Waals surface area contributed by atoms with Gasteiger partial charge in [0.15, 0.2) is 0 Å². The molecule has 0 spiro atoms. The standard InChI is InChI=1S/C25H25F3N2O3S/c1-24(2,33)18-11-20-21(34-23(30-20)15-8-6-14(13-31)7-9-15)12-19(18)29-22(32)16-4-3-5-17(10-16)25(26,27)28/h3-5,10-15,33H,6-9H2,1-2H3,(H,29,32). The maximum Gasteiger partial charge on any atom is 0.416 e. The zero-order valence-corrected chi connectivity index (χ0v) is 19.6. The van der Waals surface area contributed by atoms with E-state index in [-0.39, 0.29) is 17.4 Å². The zero-order chi connectivity index (χ0) is 24.7. The normalized spacial score (nSPS) is 19.2. The topological polar surface area (TPSA) is 79.3 Å². The van der Waals surface area contributed by atoms with E-state index in [1.165, 1.54) is 23.5 Å². The Morgan fingerprint density at radius 3 is 2.47 bits per heavy atom. The second-order valence-corrected chi connectivity index (χ2v) is 10.3. The van der Waals surface area contributed by atoms with E-state index in [0.29, 0.717) is 16.8 Å². The largest absolute Gasteiger partial charge is 0.416 e. The van der Waals surface area contributed by atoms with Crippen molar-refractivity contribution in [2.24, 2.45) is 5.92 Å². The molecule has 0 saturated heterocycles. The first-order valence-electron chi connectivity index (χ1n) is 11.1. The molecule has 9 heteroatoms. The molecule has 0 bridgehead atoms. The molecular formula is C25H25F3N2O3S. The Hall–Kier alpha value is -2.78. The first kappa shape index (κ1) is 24.3. The Labute approximate surface area is 199 Å². The van der Waals surface area contributed by atoms with E-state index >= 15 is 0 Å². The molecule has 2 N–H and O–H groups in total. The van der Waals surface area contributed by atoms with Crippen molar-refractivity contribution in [1.29, 1.82) is 0 Å². The molecular weight excluding hydrogens is 465 g/mol. The van der Waals surface area contributed by atoms with E-state index < -0.39 is 23.2 Å². The fraction of sp³-hybridized carbons (Fsp3) is 0.400. The quantitative estimate of drug-likeness (QED) is 0.413. The van der Waals surface area contributed by atoms with Crippen molar-refractivity contribution in [2.75, 3.05) is 5.32 Å². The van der Waals surface area contributed by atoms with Gasteiger partial charge in [0.1, 0.15) is 6.29 Å². The minimum atomic E-state index is -4.56. The van der Waals surface area contributed by atoms with E-state index in [0.717, 1.165) is 53.8 Å². The van der Waals surface area contributed by atoms with Gasteiger partial charge in [0, 0.05) is 28.7 Å². The van der Waals surface area contributed by atoms with Gasteiger partial charge in [-0.3, -0.25) is 4.79 Å². The Morgan fingerprint density at radius 1 is 1.15 bits per heavy atom. The van der Waals surface area contributed by atoms with Crippen molar-refractivity contribution in [3.05, 3.63) is 58.1 Å². The summed E-state index contributed by atoms with van der Waals surface area (Å²) in [5.41, 5.74) is -0.935. The summed E-state index contributed by atoms with van der Waals surface area (Å²) in [6.45, 7) is 3.14. The molecule has 1 amide bonds. The third kappa shape index (κ3) is 5.15. The van der Waals surface area contributed by atoms with Gasteiger partial charge in [-0.25, -0.2) is 4.98 Å². The Morgan fingerprint density at radius 2 is 1.85 bits per heavy atom. The van der Waals surface area contributed by atoms with Crippen LogP contribution in [0, 0.1) is 5.92 Å². The number of carbonyl (C=O) groups is 2. The van der Waals surface area contributed by atoms with Gasteiger partial charge in [0.2, 0.25) is 0 Å². The predicted octanol–water partition coefficient (Wildman–Crippen LogP) is 6.27. The lowest BCUT2D eigenvalue weighted by atomic mass is 9.83. The van der Waals surface area contributed by atoms with Crippen LogP contribution < -0.4 is 5.32 Å². The monoisotopic (exact) mass is 490 g/mol. The first-order valence-corrected chi connectivity index (χ1v) is 11.9. The predicted molar refractivity (Wildman–Crippen MR) is 125 cm³/mol. The molecule has 0 radical (unpaired) electrons. The molecule has 5 nitrogen and oxygen atoms in total. The van der Waals surface area contributed by atoms with Crippen LogP contribution >= 0.6 is 11.3 Å². The molecule has 0 atom stereocenters. The second kappa shape index (κ2) is 9.11.